The Labute approximate surface area is 157 Å². The number of hydrogen-bond acceptors (Lipinski definition) is 4. The van der Waals surface area contributed by atoms with E-state index in [4.69, 9.17) is 5.73 Å². The lowest BCUT2D eigenvalue weighted by Gasteiger charge is -2.30. The number of hydrogen-bond donors (Lipinski definition) is 2. The van der Waals surface area contributed by atoms with Gasteiger partial charge in [0.05, 0.1) is 4.90 Å². The molecule has 1 aromatic rings. The molecule has 1 aliphatic heterocycles. The molecule has 7 heteroatoms. The minimum atomic E-state index is -3.61. The molecule has 1 saturated heterocycles. The molecule has 0 aromatic heterocycles. The normalized spacial score (nSPS) is 17.3. The number of nitrogens with one attached hydrogen (secondary N) is 1. The lowest BCUT2D eigenvalue weighted by Crippen LogP contribution is -2.45. The summed E-state index contributed by atoms with van der Waals surface area (Å²) in [6, 6.07) is 3.22. The van der Waals surface area contributed by atoms with Crippen LogP contribution in [0.15, 0.2) is 17.0 Å². The summed E-state index contributed by atoms with van der Waals surface area (Å²) in [5.74, 6) is 0.233. The second-order valence-corrected chi connectivity index (χ2v) is 10.1. The lowest BCUT2D eigenvalue weighted by molar-refractivity contribution is 0.0945. The van der Waals surface area contributed by atoms with Crippen LogP contribution in [-0.2, 0) is 10.0 Å². The van der Waals surface area contributed by atoms with Crippen LogP contribution in [0.2, 0.25) is 0 Å². The Hall–Kier alpha value is -1.44. The maximum Gasteiger partial charge on any atom is 0.251 e. The molecule has 0 radical (unpaired) electrons. The fourth-order valence-electron chi connectivity index (χ4n) is 3.00. The van der Waals surface area contributed by atoms with Crippen LogP contribution in [0.4, 0.5) is 0 Å². The summed E-state index contributed by atoms with van der Waals surface area (Å²) in [6.45, 7) is 10.8. The molecule has 1 aromatic carbocycles. The van der Waals surface area contributed by atoms with Crippen molar-refractivity contribution >= 4 is 15.9 Å². The van der Waals surface area contributed by atoms with Crippen LogP contribution in [0.25, 0.3) is 0 Å². The van der Waals surface area contributed by atoms with Gasteiger partial charge in [0.25, 0.3) is 5.91 Å². The molecule has 1 fully saturated rings. The Bertz CT molecular complexity index is 774. The molecule has 6 nitrogen and oxygen atoms in total. The molecular formula is C19H31N3O3S. The number of sulfonamides is 1. The van der Waals surface area contributed by atoms with Gasteiger partial charge in [-0.3, -0.25) is 4.79 Å². The Kier molecular flexibility index (Phi) is 6.15. The van der Waals surface area contributed by atoms with Gasteiger partial charge in [-0.25, -0.2) is 8.42 Å². The van der Waals surface area contributed by atoms with Gasteiger partial charge in [-0.2, -0.15) is 4.31 Å². The maximum absolute atomic E-state index is 13.1. The average molecular weight is 382 g/mol. The van der Waals surface area contributed by atoms with Gasteiger partial charge in [0, 0.05) is 30.7 Å². The first-order chi connectivity index (χ1) is 11.9. The van der Waals surface area contributed by atoms with Gasteiger partial charge in [0.1, 0.15) is 0 Å². The number of rotatable bonds is 5. The summed E-state index contributed by atoms with van der Waals surface area (Å²) < 4.78 is 27.8. The zero-order chi connectivity index (χ0) is 19.7. The molecule has 1 heterocycles. The Balaban J connectivity index is 2.34. The number of aryl methyl sites for hydroxylation is 1. The van der Waals surface area contributed by atoms with E-state index >= 15 is 0 Å². The van der Waals surface area contributed by atoms with Crippen molar-refractivity contribution in [1.29, 1.82) is 0 Å². The lowest BCUT2D eigenvalue weighted by atomic mass is 10.0. The van der Waals surface area contributed by atoms with Crippen molar-refractivity contribution in [2.75, 3.05) is 19.6 Å². The van der Waals surface area contributed by atoms with E-state index in [1.54, 1.807) is 17.3 Å². The van der Waals surface area contributed by atoms with E-state index in [2.05, 4.69) is 12.2 Å². The smallest absolute Gasteiger partial charge is 0.251 e. The van der Waals surface area contributed by atoms with Gasteiger partial charge in [-0.1, -0.05) is 6.92 Å². The summed E-state index contributed by atoms with van der Waals surface area (Å²) >= 11 is 0. The fourth-order valence-corrected chi connectivity index (χ4v) is 4.79. The second-order valence-electron chi connectivity index (χ2n) is 8.17. The second kappa shape index (κ2) is 7.66. The molecule has 0 unspecified atom stereocenters. The molecule has 0 atom stereocenters. The molecule has 1 amide bonds. The molecular weight excluding hydrogens is 350 g/mol. The first-order valence-electron chi connectivity index (χ1n) is 9.10. The number of carbonyl (C=O) groups excluding carboxylic acids is 1. The zero-order valence-electron chi connectivity index (χ0n) is 16.4. The third-order valence-corrected chi connectivity index (χ3v) is 6.97. The van der Waals surface area contributed by atoms with E-state index in [1.165, 1.54) is 6.07 Å². The van der Waals surface area contributed by atoms with Crippen molar-refractivity contribution in [2.45, 2.75) is 57.9 Å². The zero-order valence-corrected chi connectivity index (χ0v) is 17.2. The number of nitrogens with zero attached hydrogens (tertiary/aromatic N) is 1. The summed E-state index contributed by atoms with van der Waals surface area (Å²) in [6.07, 6.45) is 1.73. The van der Waals surface area contributed by atoms with E-state index in [9.17, 15) is 13.2 Å². The van der Waals surface area contributed by atoms with E-state index < -0.39 is 15.6 Å². The Morgan fingerprint density at radius 2 is 1.85 bits per heavy atom. The van der Waals surface area contributed by atoms with Crippen LogP contribution in [-0.4, -0.2) is 43.8 Å². The highest BCUT2D eigenvalue weighted by Crippen LogP contribution is 2.28. The highest BCUT2D eigenvalue weighted by atomic mass is 32.2. The van der Waals surface area contributed by atoms with Gasteiger partial charge in [-0.15, -0.1) is 0 Å². The van der Waals surface area contributed by atoms with E-state index in [-0.39, 0.29) is 10.8 Å². The largest absolute Gasteiger partial charge is 0.350 e. The molecule has 2 rings (SSSR count). The van der Waals surface area contributed by atoms with E-state index in [0.29, 0.717) is 36.7 Å². The van der Waals surface area contributed by atoms with Crippen molar-refractivity contribution in [2.24, 2.45) is 11.7 Å². The van der Waals surface area contributed by atoms with Crippen molar-refractivity contribution < 1.29 is 13.2 Å². The molecule has 26 heavy (non-hydrogen) atoms. The van der Waals surface area contributed by atoms with Crippen LogP contribution >= 0.6 is 0 Å². The van der Waals surface area contributed by atoms with Gasteiger partial charge in [0.2, 0.25) is 10.0 Å². The minimum absolute atomic E-state index is 0.226. The molecule has 0 saturated carbocycles. The predicted molar refractivity (Wildman–Crippen MR) is 104 cm³/mol. The first-order valence-corrected chi connectivity index (χ1v) is 10.5. The SMILES string of the molecule is Cc1cc(C(=O)NCC(C)(C)N)cc(S(=O)(=O)N2CCC(C)CC2)c1C. The number of nitrogens with two attached hydrogens (primary N) is 1. The van der Waals surface area contributed by atoms with Crippen LogP contribution in [0, 0.1) is 19.8 Å². The number of piperidine rings is 1. The first kappa shape index (κ1) is 20.9. The van der Waals surface area contributed by atoms with Gasteiger partial charge in [0.15, 0.2) is 0 Å². The number of benzene rings is 1. The van der Waals surface area contributed by atoms with Crippen LogP contribution in [0.5, 0.6) is 0 Å². The standard InChI is InChI=1S/C19H31N3O3S/c1-13-6-8-22(9-7-13)26(24,25)17-11-16(10-14(2)15(17)3)18(23)21-12-19(4,5)20/h10-11,13H,6-9,12,20H2,1-5H3,(H,21,23). The molecule has 146 valence electrons. The fraction of sp³-hybridized carbons (Fsp3) is 0.632. The molecule has 0 aliphatic carbocycles. The van der Waals surface area contributed by atoms with Gasteiger partial charge in [-0.05, 0) is 69.7 Å². The molecule has 0 spiro atoms. The van der Waals surface area contributed by atoms with Gasteiger partial charge >= 0.3 is 0 Å². The predicted octanol–water partition coefficient (Wildman–Crippen LogP) is 2.19. The summed E-state index contributed by atoms with van der Waals surface area (Å²) in [5, 5.41) is 2.78. The monoisotopic (exact) mass is 381 g/mol. The molecule has 0 bridgehead atoms. The van der Waals surface area contributed by atoms with Crippen LogP contribution in [0.1, 0.15) is 55.1 Å². The van der Waals surface area contributed by atoms with Crippen LogP contribution < -0.4 is 11.1 Å². The third-order valence-electron chi connectivity index (χ3n) is 4.95. The van der Waals surface area contributed by atoms with Crippen molar-refractivity contribution in [3.8, 4) is 0 Å². The highest BCUT2D eigenvalue weighted by Gasteiger charge is 2.30. The quantitative estimate of drug-likeness (QED) is 0.818. The summed E-state index contributed by atoms with van der Waals surface area (Å²) in [5.41, 5.74) is 7.20. The van der Waals surface area contributed by atoms with Crippen molar-refractivity contribution in [1.82, 2.24) is 9.62 Å². The van der Waals surface area contributed by atoms with Gasteiger partial charge < -0.3 is 11.1 Å². The number of carbonyl (C=O) groups is 1. The highest BCUT2D eigenvalue weighted by molar-refractivity contribution is 7.89. The average Bonchev–Trinajstić information content (AvgIpc) is 2.54. The molecule has 1 aliphatic rings. The van der Waals surface area contributed by atoms with E-state index in [0.717, 1.165) is 18.4 Å². The summed E-state index contributed by atoms with van der Waals surface area (Å²) in [4.78, 5) is 12.7. The minimum Gasteiger partial charge on any atom is -0.350 e. The number of amides is 1. The molecule has 3 N–H and O–H groups in total. The van der Waals surface area contributed by atoms with Crippen LogP contribution in [0.3, 0.4) is 0 Å². The third kappa shape index (κ3) is 4.84. The Morgan fingerprint density at radius 3 is 2.38 bits per heavy atom. The maximum atomic E-state index is 13.1. The topological polar surface area (TPSA) is 92.5 Å². The summed E-state index contributed by atoms with van der Waals surface area (Å²) in [7, 11) is -3.61. The van der Waals surface area contributed by atoms with Crippen molar-refractivity contribution in [3.05, 3.63) is 28.8 Å². The van der Waals surface area contributed by atoms with Crippen molar-refractivity contribution in [3.63, 3.8) is 0 Å². The van der Waals surface area contributed by atoms with E-state index in [1.807, 2.05) is 20.8 Å². The Morgan fingerprint density at radius 1 is 1.27 bits per heavy atom.